The second-order valence-electron chi connectivity index (χ2n) is 3.79. The van der Waals surface area contributed by atoms with Gasteiger partial charge >= 0.3 is 0 Å². The van der Waals surface area contributed by atoms with Gasteiger partial charge in [-0.1, -0.05) is 12.1 Å². The van der Waals surface area contributed by atoms with E-state index in [1.165, 1.54) is 16.7 Å². The summed E-state index contributed by atoms with van der Waals surface area (Å²) < 4.78 is 2.92. The van der Waals surface area contributed by atoms with E-state index in [0.29, 0.717) is 0 Å². The minimum Gasteiger partial charge on any atom is -0.333 e. The Bertz CT molecular complexity index is 481. The molecule has 0 unspecified atom stereocenters. The first-order valence-electron chi connectivity index (χ1n) is 4.84. The molecule has 0 N–H and O–H groups in total. The average molecular weight is 265 g/mol. The maximum atomic E-state index is 4.22. The zero-order valence-electron chi connectivity index (χ0n) is 9.08. The van der Waals surface area contributed by atoms with Crippen LogP contribution in [-0.2, 0) is 7.05 Å². The van der Waals surface area contributed by atoms with Gasteiger partial charge in [0, 0.05) is 12.6 Å². The molecule has 0 amide bonds. The lowest BCUT2D eigenvalue weighted by Gasteiger charge is -2.06. The number of halogens is 1. The van der Waals surface area contributed by atoms with Gasteiger partial charge in [-0.05, 0) is 47.0 Å². The Morgan fingerprint density at radius 2 is 1.93 bits per heavy atom. The summed E-state index contributed by atoms with van der Waals surface area (Å²) >= 11 is 3.46. The summed E-state index contributed by atoms with van der Waals surface area (Å²) in [6, 6.07) is 6.46. The van der Waals surface area contributed by atoms with Crippen LogP contribution < -0.4 is 0 Å². The second kappa shape index (κ2) is 3.81. The van der Waals surface area contributed by atoms with Gasteiger partial charge in [-0.25, -0.2) is 4.98 Å². The SMILES string of the molecule is Cc1ccc(-c2c(Br)ncn2C)cc1C. The number of benzene rings is 1. The molecular weight excluding hydrogens is 252 g/mol. The molecule has 0 spiro atoms. The lowest BCUT2D eigenvalue weighted by Crippen LogP contribution is -1.91. The molecule has 0 radical (unpaired) electrons. The summed E-state index contributed by atoms with van der Waals surface area (Å²) in [5.41, 5.74) is 4.95. The van der Waals surface area contributed by atoms with Crippen LogP contribution in [0.1, 0.15) is 11.1 Å². The number of hydrogen-bond donors (Lipinski definition) is 0. The van der Waals surface area contributed by atoms with Crippen molar-refractivity contribution in [3.63, 3.8) is 0 Å². The van der Waals surface area contributed by atoms with Crippen LogP contribution in [0.25, 0.3) is 11.3 Å². The highest BCUT2D eigenvalue weighted by atomic mass is 79.9. The largest absolute Gasteiger partial charge is 0.333 e. The monoisotopic (exact) mass is 264 g/mol. The Morgan fingerprint density at radius 1 is 1.20 bits per heavy atom. The minimum absolute atomic E-state index is 0.897. The molecule has 0 aliphatic heterocycles. The lowest BCUT2D eigenvalue weighted by atomic mass is 10.0. The number of rotatable bonds is 1. The van der Waals surface area contributed by atoms with Crippen LogP contribution in [0.2, 0.25) is 0 Å². The number of imidazole rings is 1. The molecule has 0 saturated heterocycles. The molecule has 2 nitrogen and oxygen atoms in total. The molecule has 0 saturated carbocycles. The molecule has 2 rings (SSSR count). The number of aryl methyl sites for hydroxylation is 3. The van der Waals surface area contributed by atoms with Crippen molar-refractivity contribution < 1.29 is 0 Å². The fourth-order valence-electron chi connectivity index (χ4n) is 1.61. The first kappa shape index (κ1) is 10.4. The Morgan fingerprint density at radius 3 is 2.47 bits per heavy atom. The quantitative estimate of drug-likeness (QED) is 0.772. The van der Waals surface area contributed by atoms with Crippen LogP contribution in [0.15, 0.2) is 29.1 Å². The fourth-order valence-corrected chi connectivity index (χ4v) is 2.21. The van der Waals surface area contributed by atoms with Crippen molar-refractivity contribution in [2.24, 2.45) is 7.05 Å². The zero-order valence-corrected chi connectivity index (χ0v) is 10.7. The Kier molecular flexibility index (Phi) is 2.65. The van der Waals surface area contributed by atoms with Crippen molar-refractivity contribution in [1.29, 1.82) is 0 Å². The number of aromatic nitrogens is 2. The summed E-state index contributed by atoms with van der Waals surface area (Å²) in [6.45, 7) is 4.25. The standard InChI is InChI=1S/C12H13BrN2/c1-8-4-5-10(6-9(8)2)11-12(13)14-7-15(11)3/h4-7H,1-3H3. The highest BCUT2D eigenvalue weighted by Crippen LogP contribution is 2.27. The maximum absolute atomic E-state index is 4.22. The Hall–Kier alpha value is -1.09. The van der Waals surface area contributed by atoms with Gasteiger partial charge in [0.05, 0.1) is 12.0 Å². The van der Waals surface area contributed by atoms with Crippen molar-refractivity contribution in [2.45, 2.75) is 13.8 Å². The number of hydrogen-bond acceptors (Lipinski definition) is 1. The van der Waals surface area contributed by atoms with Gasteiger partial charge in [0.2, 0.25) is 0 Å². The van der Waals surface area contributed by atoms with Crippen LogP contribution >= 0.6 is 15.9 Å². The summed E-state index contributed by atoms with van der Waals surface area (Å²) in [4.78, 5) is 4.22. The molecular formula is C12H13BrN2. The van der Waals surface area contributed by atoms with Gasteiger partial charge in [0.25, 0.3) is 0 Å². The van der Waals surface area contributed by atoms with Gasteiger partial charge in [0.15, 0.2) is 0 Å². The van der Waals surface area contributed by atoms with Crippen molar-refractivity contribution in [1.82, 2.24) is 9.55 Å². The van der Waals surface area contributed by atoms with Gasteiger partial charge in [-0.2, -0.15) is 0 Å². The van der Waals surface area contributed by atoms with Crippen LogP contribution in [0.3, 0.4) is 0 Å². The van der Waals surface area contributed by atoms with E-state index in [4.69, 9.17) is 0 Å². The van der Waals surface area contributed by atoms with Crippen LogP contribution in [0.4, 0.5) is 0 Å². The smallest absolute Gasteiger partial charge is 0.132 e. The maximum Gasteiger partial charge on any atom is 0.132 e. The van der Waals surface area contributed by atoms with Gasteiger partial charge in [0.1, 0.15) is 4.60 Å². The molecule has 0 bridgehead atoms. The number of nitrogens with zero attached hydrogens (tertiary/aromatic N) is 2. The molecule has 3 heteroatoms. The summed E-state index contributed by atoms with van der Waals surface area (Å²) in [5.74, 6) is 0. The highest BCUT2D eigenvalue weighted by molar-refractivity contribution is 9.10. The van der Waals surface area contributed by atoms with Crippen LogP contribution in [0.5, 0.6) is 0 Å². The van der Waals surface area contributed by atoms with Crippen molar-refractivity contribution in [3.05, 3.63) is 40.3 Å². The van der Waals surface area contributed by atoms with Gasteiger partial charge < -0.3 is 4.57 Å². The zero-order chi connectivity index (χ0) is 11.0. The minimum atomic E-state index is 0.897. The fraction of sp³-hybridized carbons (Fsp3) is 0.250. The highest BCUT2D eigenvalue weighted by Gasteiger charge is 2.08. The molecule has 0 aliphatic carbocycles. The van der Waals surface area contributed by atoms with E-state index in [1.807, 2.05) is 17.9 Å². The normalized spacial score (nSPS) is 10.7. The predicted molar refractivity (Wildman–Crippen MR) is 65.8 cm³/mol. The van der Waals surface area contributed by atoms with Crippen LogP contribution in [0, 0.1) is 13.8 Å². The van der Waals surface area contributed by atoms with Crippen molar-refractivity contribution in [3.8, 4) is 11.3 Å². The first-order chi connectivity index (χ1) is 7.09. The third-order valence-corrected chi connectivity index (χ3v) is 3.25. The average Bonchev–Trinajstić information content (AvgIpc) is 2.52. The van der Waals surface area contributed by atoms with Crippen molar-refractivity contribution >= 4 is 15.9 Å². The summed E-state index contributed by atoms with van der Waals surface area (Å²) in [7, 11) is 2.00. The molecule has 78 valence electrons. The summed E-state index contributed by atoms with van der Waals surface area (Å²) in [6.07, 6.45) is 1.81. The topological polar surface area (TPSA) is 17.8 Å². The third-order valence-electron chi connectivity index (χ3n) is 2.67. The van der Waals surface area contributed by atoms with Crippen molar-refractivity contribution in [2.75, 3.05) is 0 Å². The summed E-state index contributed by atoms with van der Waals surface area (Å²) in [5, 5.41) is 0. The Balaban J connectivity index is 2.59. The molecule has 1 heterocycles. The molecule has 0 atom stereocenters. The third kappa shape index (κ3) is 1.84. The molecule has 0 fully saturated rings. The Labute approximate surface area is 98.1 Å². The van der Waals surface area contributed by atoms with Crippen LogP contribution in [-0.4, -0.2) is 9.55 Å². The first-order valence-corrected chi connectivity index (χ1v) is 5.63. The van der Waals surface area contributed by atoms with E-state index in [1.54, 1.807) is 0 Å². The molecule has 1 aromatic carbocycles. The second-order valence-corrected chi connectivity index (χ2v) is 4.55. The van der Waals surface area contributed by atoms with E-state index in [0.717, 1.165) is 10.3 Å². The van der Waals surface area contributed by atoms with E-state index in [2.05, 4.69) is 53.0 Å². The van der Waals surface area contributed by atoms with E-state index in [-0.39, 0.29) is 0 Å². The molecule has 1 aromatic heterocycles. The molecule has 0 aliphatic rings. The van der Waals surface area contributed by atoms with Gasteiger partial charge in [-0.3, -0.25) is 0 Å². The van der Waals surface area contributed by atoms with E-state index < -0.39 is 0 Å². The molecule has 2 aromatic rings. The van der Waals surface area contributed by atoms with Gasteiger partial charge in [-0.15, -0.1) is 0 Å². The molecule has 15 heavy (non-hydrogen) atoms. The lowest BCUT2D eigenvalue weighted by molar-refractivity contribution is 0.921. The van der Waals surface area contributed by atoms with E-state index >= 15 is 0 Å². The van der Waals surface area contributed by atoms with E-state index in [9.17, 15) is 0 Å². The predicted octanol–water partition coefficient (Wildman–Crippen LogP) is 3.47.